The third kappa shape index (κ3) is 6.79. The van der Waals surface area contributed by atoms with E-state index in [4.69, 9.17) is 0 Å². The maximum atomic E-state index is 11.8. The van der Waals surface area contributed by atoms with Gasteiger partial charge in [0.2, 0.25) is 0 Å². The summed E-state index contributed by atoms with van der Waals surface area (Å²) in [7, 11) is 0. The number of nitrogens with zero attached hydrogens (tertiary/aromatic N) is 1. The molecule has 0 aromatic carbocycles. The zero-order chi connectivity index (χ0) is 11.7. The zero-order valence-corrected chi connectivity index (χ0v) is 10.0. The van der Waals surface area contributed by atoms with E-state index in [-0.39, 0.29) is 6.10 Å². The van der Waals surface area contributed by atoms with E-state index in [1.165, 1.54) is 0 Å². The molecule has 0 atom stereocenters. The highest BCUT2D eigenvalue weighted by Crippen LogP contribution is 2.16. The van der Waals surface area contributed by atoms with E-state index in [1.54, 1.807) is 0 Å². The normalized spacial score (nSPS) is 18.8. The fourth-order valence-electron chi connectivity index (χ4n) is 1.73. The Morgan fingerprint density at radius 3 is 2.20 bits per heavy atom. The highest BCUT2D eigenvalue weighted by molar-refractivity contribution is 4.71. The summed E-state index contributed by atoms with van der Waals surface area (Å²) >= 11 is 0. The smallest absolute Gasteiger partial charge is 0.320 e. The van der Waals surface area contributed by atoms with E-state index in [1.807, 2.05) is 13.8 Å². The van der Waals surface area contributed by atoms with Gasteiger partial charge in [0, 0.05) is 13.1 Å². The van der Waals surface area contributed by atoms with Gasteiger partial charge in [-0.05, 0) is 25.8 Å². The Labute approximate surface area is 91.6 Å². The van der Waals surface area contributed by atoms with Gasteiger partial charge < -0.3 is 9.64 Å². The second-order valence-electron chi connectivity index (χ2n) is 3.44. The molecule has 15 heavy (non-hydrogen) atoms. The van der Waals surface area contributed by atoms with Crippen molar-refractivity contribution in [3.05, 3.63) is 0 Å². The molecule has 0 aromatic rings. The molecule has 1 rings (SSSR count). The van der Waals surface area contributed by atoms with Crippen molar-refractivity contribution in [3.8, 4) is 0 Å². The molecule has 1 heterocycles. The first-order valence-corrected chi connectivity index (χ1v) is 5.88. The number of halogens is 2. The first-order valence-electron chi connectivity index (χ1n) is 5.88. The second kappa shape index (κ2) is 9.04. The number of rotatable bonds is 4. The van der Waals surface area contributed by atoms with Crippen molar-refractivity contribution >= 4 is 0 Å². The molecule has 0 N–H and O–H groups in total. The summed E-state index contributed by atoms with van der Waals surface area (Å²) < 4.78 is 28.1. The molecular formula is C11H23F2NO. The fraction of sp³-hybridized carbons (Fsp3) is 1.00. The molecule has 1 aliphatic heterocycles. The zero-order valence-electron chi connectivity index (χ0n) is 10.0. The Hall–Kier alpha value is -0.220. The van der Waals surface area contributed by atoms with Gasteiger partial charge in [0.05, 0.1) is 6.10 Å². The van der Waals surface area contributed by atoms with Crippen LogP contribution in [0.25, 0.3) is 0 Å². The quantitative estimate of drug-likeness (QED) is 0.726. The summed E-state index contributed by atoms with van der Waals surface area (Å²) in [6.07, 6.45) is 2.38. The van der Waals surface area contributed by atoms with Crippen LogP contribution in [0.15, 0.2) is 0 Å². The number of hydrogen-bond donors (Lipinski definition) is 0. The summed E-state index contributed by atoms with van der Waals surface area (Å²) in [6.45, 7) is 6.38. The van der Waals surface area contributed by atoms with E-state index >= 15 is 0 Å². The van der Waals surface area contributed by atoms with Crippen LogP contribution in [0.3, 0.4) is 0 Å². The van der Waals surface area contributed by atoms with Crippen LogP contribution in [0, 0.1) is 0 Å². The van der Waals surface area contributed by atoms with E-state index in [2.05, 4.69) is 16.6 Å². The third-order valence-corrected chi connectivity index (χ3v) is 2.37. The number of alkyl halides is 2. The summed E-state index contributed by atoms with van der Waals surface area (Å²) in [5.41, 5.74) is 0. The van der Waals surface area contributed by atoms with Gasteiger partial charge in [0.25, 0.3) is 0 Å². The van der Waals surface area contributed by atoms with E-state index < -0.39 is 6.61 Å². The fourth-order valence-corrected chi connectivity index (χ4v) is 1.73. The average molecular weight is 223 g/mol. The highest BCUT2D eigenvalue weighted by Gasteiger charge is 2.21. The van der Waals surface area contributed by atoms with E-state index in [9.17, 15) is 8.78 Å². The Morgan fingerprint density at radius 2 is 1.80 bits per heavy atom. The molecule has 0 radical (unpaired) electrons. The first-order chi connectivity index (χ1) is 7.22. The van der Waals surface area contributed by atoms with Crippen molar-refractivity contribution in [1.29, 1.82) is 0 Å². The van der Waals surface area contributed by atoms with Crippen LogP contribution in [0.5, 0.6) is 0 Å². The number of likely N-dealkylation sites (tertiary alicyclic amines) is 1. The van der Waals surface area contributed by atoms with Gasteiger partial charge in [0.15, 0.2) is 0 Å². The lowest BCUT2D eigenvalue weighted by Crippen LogP contribution is -2.37. The van der Waals surface area contributed by atoms with Crippen molar-refractivity contribution in [3.63, 3.8) is 0 Å². The molecule has 0 spiro atoms. The topological polar surface area (TPSA) is 12.5 Å². The van der Waals surface area contributed by atoms with Gasteiger partial charge in [-0.3, -0.25) is 0 Å². The second-order valence-corrected chi connectivity index (χ2v) is 3.44. The molecule has 0 unspecified atom stereocenters. The van der Waals surface area contributed by atoms with Gasteiger partial charge in [-0.1, -0.05) is 20.8 Å². The van der Waals surface area contributed by atoms with Crippen LogP contribution >= 0.6 is 0 Å². The molecule has 4 heteroatoms. The van der Waals surface area contributed by atoms with Crippen LogP contribution < -0.4 is 0 Å². The molecule has 0 amide bonds. The molecule has 2 nitrogen and oxygen atoms in total. The van der Waals surface area contributed by atoms with Crippen LogP contribution in [0.4, 0.5) is 8.78 Å². The predicted molar refractivity (Wildman–Crippen MR) is 58.2 cm³/mol. The van der Waals surface area contributed by atoms with Crippen molar-refractivity contribution in [2.24, 2.45) is 0 Å². The summed E-state index contributed by atoms with van der Waals surface area (Å²) in [5.74, 6) is 0. The highest BCUT2D eigenvalue weighted by atomic mass is 19.3. The Kier molecular flexibility index (Phi) is 8.91. The average Bonchev–Trinajstić information content (AvgIpc) is 2.24. The third-order valence-electron chi connectivity index (χ3n) is 2.37. The lowest BCUT2D eigenvalue weighted by Gasteiger charge is -2.31. The number of ether oxygens (including phenoxy) is 1. The Morgan fingerprint density at radius 1 is 1.27 bits per heavy atom. The molecule has 0 aromatic heterocycles. The summed E-state index contributed by atoms with van der Waals surface area (Å²) in [6, 6.07) is 0. The van der Waals surface area contributed by atoms with Crippen molar-refractivity contribution < 1.29 is 13.5 Å². The Bertz CT molecular complexity index is 137. The molecule has 0 saturated carbocycles. The van der Waals surface area contributed by atoms with Gasteiger partial charge in [0.1, 0.15) is 0 Å². The van der Waals surface area contributed by atoms with Gasteiger partial charge >= 0.3 is 6.61 Å². The van der Waals surface area contributed by atoms with Crippen molar-refractivity contribution in [1.82, 2.24) is 4.90 Å². The first kappa shape index (κ1) is 14.8. The van der Waals surface area contributed by atoms with E-state index in [0.29, 0.717) is 0 Å². The van der Waals surface area contributed by atoms with E-state index in [0.717, 1.165) is 38.9 Å². The van der Waals surface area contributed by atoms with Crippen LogP contribution in [-0.4, -0.2) is 37.2 Å². The largest absolute Gasteiger partial charge is 0.345 e. The minimum Gasteiger partial charge on any atom is -0.320 e. The molecular weight excluding hydrogens is 200 g/mol. The maximum absolute atomic E-state index is 11.8. The summed E-state index contributed by atoms with van der Waals surface area (Å²) in [5, 5.41) is 0. The lowest BCUT2D eigenvalue weighted by atomic mass is 10.1. The number of piperidine rings is 1. The maximum Gasteiger partial charge on any atom is 0.345 e. The molecule has 0 aliphatic carbocycles. The summed E-state index contributed by atoms with van der Waals surface area (Å²) in [4.78, 5) is 2.30. The minimum atomic E-state index is -2.61. The lowest BCUT2D eigenvalue weighted by molar-refractivity contribution is -0.172. The SMILES string of the molecule is CC.CCCN1CCC(OC(F)F)CC1. The van der Waals surface area contributed by atoms with Crippen LogP contribution in [0.2, 0.25) is 0 Å². The van der Waals surface area contributed by atoms with Crippen LogP contribution in [-0.2, 0) is 4.74 Å². The van der Waals surface area contributed by atoms with Gasteiger partial charge in [-0.15, -0.1) is 0 Å². The van der Waals surface area contributed by atoms with Gasteiger partial charge in [-0.2, -0.15) is 8.78 Å². The Balaban J connectivity index is 0.000000921. The standard InChI is InChI=1S/C9H17F2NO.C2H6/c1-2-5-12-6-3-8(4-7-12)13-9(10)11;1-2/h8-9H,2-7H2,1H3;1-2H3. The minimum absolute atomic E-state index is 0.229. The van der Waals surface area contributed by atoms with Crippen molar-refractivity contribution in [2.75, 3.05) is 19.6 Å². The molecule has 0 bridgehead atoms. The van der Waals surface area contributed by atoms with Crippen molar-refractivity contribution in [2.45, 2.75) is 52.7 Å². The monoisotopic (exact) mass is 223 g/mol. The number of hydrogen-bond acceptors (Lipinski definition) is 2. The molecule has 92 valence electrons. The predicted octanol–water partition coefficient (Wildman–Crippen LogP) is 3.13. The molecule has 1 saturated heterocycles. The molecule has 1 fully saturated rings. The molecule has 1 aliphatic rings. The van der Waals surface area contributed by atoms with Crippen LogP contribution in [0.1, 0.15) is 40.0 Å². The van der Waals surface area contributed by atoms with Gasteiger partial charge in [-0.25, -0.2) is 0 Å².